The first-order valence-corrected chi connectivity index (χ1v) is 6.56. The van der Waals surface area contributed by atoms with Gasteiger partial charge in [-0.2, -0.15) is 0 Å². The van der Waals surface area contributed by atoms with Crippen molar-refractivity contribution in [1.29, 1.82) is 0 Å². The maximum atomic E-state index is 6.13. The van der Waals surface area contributed by atoms with E-state index in [1.165, 1.54) is 10.8 Å². The first-order chi connectivity index (χ1) is 9.84. The Balaban J connectivity index is 2.14. The van der Waals surface area contributed by atoms with Crippen LogP contribution in [0.4, 0.5) is 5.95 Å². The molecule has 0 amide bonds. The molecule has 0 bridgehead atoms. The molecule has 20 heavy (non-hydrogen) atoms. The van der Waals surface area contributed by atoms with Gasteiger partial charge in [-0.1, -0.05) is 48.5 Å². The number of nitrogen functional groups attached to an aromatic ring is 1. The number of anilines is 1. The quantitative estimate of drug-likeness (QED) is 0.565. The molecule has 0 atom stereocenters. The van der Waals surface area contributed by atoms with Gasteiger partial charge in [0.25, 0.3) is 0 Å². The number of nitrogens with two attached hydrogens (primary N) is 1. The van der Waals surface area contributed by atoms with Crippen molar-refractivity contribution in [3.8, 4) is 5.69 Å². The van der Waals surface area contributed by atoms with E-state index in [1.807, 2.05) is 47.0 Å². The van der Waals surface area contributed by atoms with E-state index in [-0.39, 0.29) is 0 Å². The van der Waals surface area contributed by atoms with Gasteiger partial charge in [0.15, 0.2) is 0 Å². The first kappa shape index (κ1) is 11.1. The fourth-order valence-corrected chi connectivity index (χ4v) is 2.70. The molecule has 2 N–H and O–H groups in total. The number of aromatic nitrogens is 2. The molecule has 0 fully saturated rings. The summed E-state index contributed by atoms with van der Waals surface area (Å²) in [7, 11) is 0. The van der Waals surface area contributed by atoms with Crippen molar-refractivity contribution in [2.24, 2.45) is 0 Å². The Morgan fingerprint density at radius 2 is 1.55 bits per heavy atom. The summed E-state index contributed by atoms with van der Waals surface area (Å²) in [5.41, 5.74) is 9.14. The average Bonchev–Trinajstić information content (AvgIpc) is 2.82. The molecule has 1 heterocycles. The SMILES string of the molecule is Nc1nc2ccccc2n1-c1cccc2ccccc12. The number of benzene rings is 3. The minimum Gasteiger partial charge on any atom is -0.369 e. The molecule has 4 aromatic rings. The molecule has 3 heteroatoms. The topological polar surface area (TPSA) is 43.8 Å². The fraction of sp³-hybridized carbons (Fsp3) is 0. The summed E-state index contributed by atoms with van der Waals surface area (Å²) in [5.74, 6) is 0.516. The highest BCUT2D eigenvalue weighted by molar-refractivity contribution is 5.93. The number of rotatable bonds is 1. The molecule has 0 aliphatic heterocycles. The molecule has 0 spiro atoms. The van der Waals surface area contributed by atoms with Gasteiger partial charge in [-0.25, -0.2) is 4.98 Å². The van der Waals surface area contributed by atoms with Crippen LogP contribution in [-0.4, -0.2) is 9.55 Å². The zero-order chi connectivity index (χ0) is 13.5. The Labute approximate surface area is 116 Å². The summed E-state index contributed by atoms with van der Waals surface area (Å²) < 4.78 is 2.01. The van der Waals surface area contributed by atoms with Gasteiger partial charge in [0.05, 0.1) is 16.7 Å². The predicted octanol–water partition coefficient (Wildman–Crippen LogP) is 3.76. The Bertz CT molecular complexity index is 916. The smallest absolute Gasteiger partial charge is 0.205 e. The Morgan fingerprint density at radius 1 is 0.800 bits per heavy atom. The normalized spacial score (nSPS) is 11.2. The Morgan fingerprint density at radius 3 is 2.50 bits per heavy atom. The van der Waals surface area contributed by atoms with Gasteiger partial charge in [-0.15, -0.1) is 0 Å². The third-order valence-electron chi connectivity index (χ3n) is 3.59. The average molecular weight is 259 g/mol. The van der Waals surface area contributed by atoms with Crippen molar-refractivity contribution < 1.29 is 0 Å². The zero-order valence-electron chi connectivity index (χ0n) is 10.8. The van der Waals surface area contributed by atoms with E-state index in [1.54, 1.807) is 0 Å². The largest absolute Gasteiger partial charge is 0.369 e. The maximum Gasteiger partial charge on any atom is 0.205 e. The molecule has 0 saturated carbocycles. The van der Waals surface area contributed by atoms with E-state index in [0.29, 0.717) is 5.95 Å². The van der Waals surface area contributed by atoms with Crippen molar-refractivity contribution in [2.75, 3.05) is 5.73 Å². The summed E-state index contributed by atoms with van der Waals surface area (Å²) >= 11 is 0. The van der Waals surface area contributed by atoms with Crippen LogP contribution in [0.1, 0.15) is 0 Å². The van der Waals surface area contributed by atoms with E-state index >= 15 is 0 Å². The molecule has 3 aromatic carbocycles. The highest BCUT2D eigenvalue weighted by Crippen LogP contribution is 2.28. The van der Waals surface area contributed by atoms with Crippen LogP contribution in [0.15, 0.2) is 66.7 Å². The molecule has 0 unspecified atom stereocenters. The molecule has 0 aliphatic carbocycles. The van der Waals surface area contributed by atoms with Crippen LogP contribution in [0.3, 0.4) is 0 Å². The lowest BCUT2D eigenvalue weighted by Gasteiger charge is -2.10. The number of fused-ring (bicyclic) bond motifs is 2. The lowest BCUT2D eigenvalue weighted by molar-refractivity contribution is 1.12. The van der Waals surface area contributed by atoms with Crippen LogP contribution >= 0.6 is 0 Å². The van der Waals surface area contributed by atoms with Crippen molar-refractivity contribution in [1.82, 2.24) is 9.55 Å². The Hall–Kier alpha value is -2.81. The molecule has 1 aromatic heterocycles. The van der Waals surface area contributed by atoms with Gasteiger partial charge in [-0.3, -0.25) is 4.57 Å². The Kier molecular flexibility index (Phi) is 2.27. The van der Waals surface area contributed by atoms with Crippen LogP contribution in [-0.2, 0) is 0 Å². The number of para-hydroxylation sites is 2. The van der Waals surface area contributed by atoms with Crippen LogP contribution < -0.4 is 5.73 Å². The predicted molar refractivity (Wildman–Crippen MR) is 83.0 cm³/mol. The standard InChI is InChI=1S/C17H13N3/c18-17-19-14-9-3-4-10-16(14)20(17)15-11-5-7-12-6-1-2-8-13(12)15/h1-11H,(H2,18,19). The second-order valence-corrected chi connectivity index (χ2v) is 4.79. The van der Waals surface area contributed by atoms with E-state index < -0.39 is 0 Å². The second-order valence-electron chi connectivity index (χ2n) is 4.79. The van der Waals surface area contributed by atoms with E-state index in [2.05, 4.69) is 29.2 Å². The molecular weight excluding hydrogens is 246 g/mol. The molecule has 96 valence electrons. The molecule has 0 aliphatic rings. The molecule has 3 nitrogen and oxygen atoms in total. The molecule has 0 saturated heterocycles. The van der Waals surface area contributed by atoms with Gasteiger partial charge < -0.3 is 5.73 Å². The third kappa shape index (κ3) is 1.50. The van der Waals surface area contributed by atoms with Crippen LogP contribution in [0.2, 0.25) is 0 Å². The summed E-state index contributed by atoms with van der Waals surface area (Å²) in [4.78, 5) is 4.44. The van der Waals surface area contributed by atoms with Crippen molar-refractivity contribution >= 4 is 27.8 Å². The molecule has 4 rings (SSSR count). The first-order valence-electron chi connectivity index (χ1n) is 6.56. The highest BCUT2D eigenvalue weighted by atomic mass is 15.2. The van der Waals surface area contributed by atoms with Crippen molar-refractivity contribution in [3.05, 3.63) is 66.7 Å². The number of imidazole rings is 1. The molecule has 0 radical (unpaired) electrons. The monoisotopic (exact) mass is 259 g/mol. The van der Waals surface area contributed by atoms with E-state index in [0.717, 1.165) is 16.7 Å². The number of nitrogens with zero attached hydrogens (tertiary/aromatic N) is 2. The van der Waals surface area contributed by atoms with Crippen LogP contribution in [0, 0.1) is 0 Å². The lowest BCUT2D eigenvalue weighted by Crippen LogP contribution is -2.01. The summed E-state index contributed by atoms with van der Waals surface area (Å²) in [6.45, 7) is 0. The zero-order valence-corrected chi connectivity index (χ0v) is 10.8. The van der Waals surface area contributed by atoms with Gasteiger partial charge in [-0.05, 0) is 23.6 Å². The summed E-state index contributed by atoms with van der Waals surface area (Å²) in [5, 5.41) is 2.37. The van der Waals surface area contributed by atoms with Gasteiger partial charge in [0.2, 0.25) is 5.95 Å². The summed E-state index contributed by atoms with van der Waals surface area (Å²) in [6, 6.07) is 22.5. The van der Waals surface area contributed by atoms with Crippen molar-refractivity contribution in [3.63, 3.8) is 0 Å². The maximum absolute atomic E-state index is 6.13. The second kappa shape index (κ2) is 4.10. The minimum absolute atomic E-state index is 0.516. The minimum atomic E-state index is 0.516. The highest BCUT2D eigenvalue weighted by Gasteiger charge is 2.11. The lowest BCUT2D eigenvalue weighted by atomic mass is 10.1. The number of hydrogen-bond acceptors (Lipinski definition) is 2. The third-order valence-corrected chi connectivity index (χ3v) is 3.59. The number of hydrogen-bond donors (Lipinski definition) is 1. The summed E-state index contributed by atoms with van der Waals surface area (Å²) in [6.07, 6.45) is 0. The van der Waals surface area contributed by atoms with E-state index in [9.17, 15) is 0 Å². The van der Waals surface area contributed by atoms with Crippen molar-refractivity contribution in [2.45, 2.75) is 0 Å². The fourth-order valence-electron chi connectivity index (χ4n) is 2.70. The van der Waals surface area contributed by atoms with E-state index in [4.69, 9.17) is 5.73 Å². The van der Waals surface area contributed by atoms with Crippen LogP contribution in [0.5, 0.6) is 0 Å². The van der Waals surface area contributed by atoms with Gasteiger partial charge in [0, 0.05) is 5.39 Å². The van der Waals surface area contributed by atoms with Gasteiger partial charge >= 0.3 is 0 Å². The molecular formula is C17H13N3. The van der Waals surface area contributed by atoms with Gasteiger partial charge in [0.1, 0.15) is 0 Å². The van der Waals surface area contributed by atoms with Crippen LogP contribution in [0.25, 0.3) is 27.5 Å².